The monoisotopic (exact) mass is 257 g/mol. The summed E-state index contributed by atoms with van der Waals surface area (Å²) < 4.78 is 12.7. The molecule has 0 aliphatic carbocycles. The number of allylic oxidation sites excluding steroid dienone is 1. The van der Waals surface area contributed by atoms with Crippen molar-refractivity contribution >= 4 is 11.5 Å². The van der Waals surface area contributed by atoms with Crippen molar-refractivity contribution < 1.29 is 14.4 Å². The number of carbonyl (C=O) groups excluding carboxylic acids is 1. The van der Waals surface area contributed by atoms with Gasteiger partial charge in [-0.05, 0) is 36.4 Å². The highest BCUT2D eigenvalue weighted by atomic mass is 19.1. The normalized spacial score (nSPS) is 10.6. The number of nitrogens with zero attached hydrogens (tertiary/aromatic N) is 1. The molecule has 2 rings (SSSR count). The van der Waals surface area contributed by atoms with Crippen LogP contribution >= 0.6 is 0 Å². The molecule has 0 amide bonds. The van der Waals surface area contributed by atoms with Crippen LogP contribution in [-0.2, 0) is 0 Å². The van der Waals surface area contributed by atoms with E-state index in [4.69, 9.17) is 0 Å². The second kappa shape index (κ2) is 5.93. The molecule has 0 radical (unpaired) electrons. The molecule has 0 aliphatic rings. The Hall–Kier alpha value is -2.46. The Labute approximate surface area is 110 Å². The molecular weight excluding hydrogens is 245 g/mol. The maximum Gasteiger partial charge on any atom is 0.187 e. The van der Waals surface area contributed by atoms with Crippen LogP contribution in [0.15, 0.2) is 66.9 Å². The third-order valence-electron chi connectivity index (χ3n) is 2.52. The van der Waals surface area contributed by atoms with E-state index in [1.807, 2.05) is 6.07 Å². The van der Waals surface area contributed by atoms with Crippen molar-refractivity contribution in [1.82, 2.24) is 0 Å². The van der Waals surface area contributed by atoms with Crippen molar-refractivity contribution in [2.24, 2.45) is 0 Å². The summed E-state index contributed by atoms with van der Waals surface area (Å²) >= 11 is 0. The lowest BCUT2D eigenvalue weighted by Crippen LogP contribution is -2.09. The molecule has 19 heavy (non-hydrogen) atoms. The van der Waals surface area contributed by atoms with Crippen LogP contribution in [0.2, 0.25) is 0 Å². The van der Waals surface area contributed by atoms with Crippen LogP contribution in [-0.4, -0.2) is 11.0 Å². The average molecular weight is 257 g/mol. The largest absolute Gasteiger partial charge is 0.289 e. The Bertz CT molecular complexity index is 579. The summed E-state index contributed by atoms with van der Waals surface area (Å²) in [4.78, 5) is 11.7. The molecule has 0 saturated carbocycles. The number of hydrogen-bond donors (Lipinski definition) is 1. The molecule has 0 aromatic heterocycles. The zero-order chi connectivity index (χ0) is 13.7. The van der Waals surface area contributed by atoms with Gasteiger partial charge < -0.3 is 0 Å². The van der Waals surface area contributed by atoms with Crippen LogP contribution in [0.1, 0.15) is 10.4 Å². The molecule has 0 aliphatic heterocycles. The minimum Gasteiger partial charge on any atom is -0.289 e. The fourth-order valence-corrected chi connectivity index (χ4v) is 1.52. The van der Waals surface area contributed by atoms with Crippen molar-refractivity contribution in [3.05, 3.63) is 78.3 Å². The summed E-state index contributed by atoms with van der Waals surface area (Å²) in [7, 11) is 0. The Balaban J connectivity index is 2.06. The third-order valence-corrected chi connectivity index (χ3v) is 2.52. The molecule has 1 N–H and O–H groups in total. The van der Waals surface area contributed by atoms with Gasteiger partial charge in [0.2, 0.25) is 0 Å². The molecule has 0 bridgehead atoms. The van der Waals surface area contributed by atoms with Crippen molar-refractivity contribution in [3.63, 3.8) is 0 Å². The van der Waals surface area contributed by atoms with Gasteiger partial charge in [-0.25, -0.2) is 9.45 Å². The second-order valence-electron chi connectivity index (χ2n) is 3.87. The van der Waals surface area contributed by atoms with Gasteiger partial charge in [0.1, 0.15) is 5.82 Å². The molecule has 0 heterocycles. The summed E-state index contributed by atoms with van der Waals surface area (Å²) in [5.74, 6) is -0.705. The van der Waals surface area contributed by atoms with Gasteiger partial charge in [-0.3, -0.25) is 10.0 Å². The predicted molar refractivity (Wildman–Crippen MR) is 70.6 cm³/mol. The van der Waals surface area contributed by atoms with Crippen molar-refractivity contribution in [2.75, 3.05) is 5.06 Å². The Morgan fingerprint density at radius 2 is 1.68 bits per heavy atom. The predicted octanol–water partition coefficient (Wildman–Crippen LogP) is 3.42. The molecule has 4 heteroatoms. The zero-order valence-electron chi connectivity index (χ0n) is 10.0. The van der Waals surface area contributed by atoms with Crippen LogP contribution in [0, 0.1) is 5.82 Å². The third kappa shape index (κ3) is 3.50. The highest BCUT2D eigenvalue weighted by molar-refractivity contribution is 6.04. The van der Waals surface area contributed by atoms with E-state index < -0.39 is 5.82 Å². The van der Waals surface area contributed by atoms with Gasteiger partial charge in [0.05, 0.1) is 5.69 Å². The fourth-order valence-electron chi connectivity index (χ4n) is 1.52. The Kier molecular flexibility index (Phi) is 4.05. The lowest BCUT2D eigenvalue weighted by atomic mass is 10.1. The van der Waals surface area contributed by atoms with E-state index in [-0.39, 0.29) is 5.78 Å². The topological polar surface area (TPSA) is 40.5 Å². The first-order valence-corrected chi connectivity index (χ1v) is 5.68. The molecule has 0 fully saturated rings. The van der Waals surface area contributed by atoms with Gasteiger partial charge in [-0.15, -0.1) is 0 Å². The van der Waals surface area contributed by atoms with E-state index in [2.05, 4.69) is 0 Å². The first-order valence-electron chi connectivity index (χ1n) is 5.68. The van der Waals surface area contributed by atoms with Crippen LogP contribution in [0.5, 0.6) is 0 Å². The minimum atomic E-state index is -0.395. The molecule has 96 valence electrons. The number of rotatable bonds is 4. The van der Waals surface area contributed by atoms with Gasteiger partial charge >= 0.3 is 0 Å². The van der Waals surface area contributed by atoms with Crippen molar-refractivity contribution in [1.29, 1.82) is 0 Å². The summed E-state index contributed by atoms with van der Waals surface area (Å²) in [6.07, 6.45) is 2.47. The van der Waals surface area contributed by atoms with E-state index in [9.17, 15) is 14.4 Å². The van der Waals surface area contributed by atoms with Gasteiger partial charge in [0.25, 0.3) is 0 Å². The molecule has 0 atom stereocenters. The molecule has 0 spiro atoms. The van der Waals surface area contributed by atoms with Crippen LogP contribution in [0.4, 0.5) is 10.1 Å². The molecule has 2 aromatic rings. The quantitative estimate of drug-likeness (QED) is 0.518. The molecule has 3 nitrogen and oxygen atoms in total. The van der Waals surface area contributed by atoms with E-state index in [1.165, 1.54) is 36.5 Å². The molecular formula is C15H12FNO2. The lowest BCUT2D eigenvalue weighted by Gasteiger charge is -2.10. The van der Waals surface area contributed by atoms with E-state index in [0.717, 1.165) is 5.06 Å². The highest BCUT2D eigenvalue weighted by Gasteiger charge is 2.03. The standard InChI is InChI=1S/C15H12FNO2/c16-13-8-6-12(7-9-13)15(18)10-11-17(19)14-4-2-1-3-5-14/h1-11,19H/b11-10-. The van der Waals surface area contributed by atoms with Crippen LogP contribution in [0.3, 0.4) is 0 Å². The first-order chi connectivity index (χ1) is 9.16. The van der Waals surface area contributed by atoms with E-state index in [1.54, 1.807) is 24.3 Å². The Morgan fingerprint density at radius 3 is 2.32 bits per heavy atom. The zero-order valence-corrected chi connectivity index (χ0v) is 10.0. The number of ketones is 1. The smallest absolute Gasteiger partial charge is 0.187 e. The van der Waals surface area contributed by atoms with Gasteiger partial charge in [-0.2, -0.15) is 0 Å². The van der Waals surface area contributed by atoms with E-state index >= 15 is 0 Å². The summed E-state index contributed by atoms with van der Waals surface area (Å²) in [5, 5.41) is 10.5. The van der Waals surface area contributed by atoms with Crippen molar-refractivity contribution in [3.8, 4) is 0 Å². The van der Waals surface area contributed by atoms with Crippen LogP contribution < -0.4 is 5.06 Å². The SMILES string of the molecule is O=C(/C=C\N(O)c1ccccc1)c1ccc(F)cc1. The summed E-state index contributed by atoms with van der Waals surface area (Å²) in [5.41, 5.74) is 0.907. The van der Waals surface area contributed by atoms with Crippen LogP contribution in [0.25, 0.3) is 0 Å². The maximum absolute atomic E-state index is 12.7. The van der Waals surface area contributed by atoms with E-state index in [0.29, 0.717) is 11.3 Å². The minimum absolute atomic E-state index is 0.310. The number of hydrogen-bond acceptors (Lipinski definition) is 3. The van der Waals surface area contributed by atoms with Gasteiger partial charge in [0.15, 0.2) is 5.78 Å². The summed E-state index contributed by atoms with van der Waals surface area (Å²) in [6, 6.07) is 14.0. The van der Waals surface area contributed by atoms with Gasteiger partial charge in [-0.1, -0.05) is 18.2 Å². The Morgan fingerprint density at radius 1 is 1.05 bits per heavy atom. The number of benzene rings is 2. The van der Waals surface area contributed by atoms with Gasteiger partial charge in [0, 0.05) is 17.8 Å². The van der Waals surface area contributed by atoms with Crippen molar-refractivity contribution in [2.45, 2.75) is 0 Å². The number of carbonyl (C=O) groups is 1. The highest BCUT2D eigenvalue weighted by Crippen LogP contribution is 2.11. The number of halogens is 1. The maximum atomic E-state index is 12.7. The first kappa shape index (κ1) is 13.0. The lowest BCUT2D eigenvalue weighted by molar-refractivity contribution is 0.104. The summed E-state index contributed by atoms with van der Waals surface area (Å²) in [6.45, 7) is 0. The molecule has 0 saturated heterocycles. The fraction of sp³-hybridized carbons (Fsp3) is 0. The average Bonchev–Trinajstić information content (AvgIpc) is 2.46. The molecule has 2 aromatic carbocycles. The number of para-hydroxylation sites is 1. The number of anilines is 1. The second-order valence-corrected chi connectivity index (χ2v) is 3.87. The molecule has 0 unspecified atom stereocenters. The number of hydroxylamine groups is 1.